The highest BCUT2D eigenvalue weighted by Gasteiger charge is 2.25. The van der Waals surface area contributed by atoms with Crippen LogP contribution in [0.25, 0.3) is 0 Å². The normalized spacial score (nSPS) is 21.5. The Kier molecular flexibility index (Phi) is 17.4. The Balaban J connectivity index is 0.000000208. The quantitative estimate of drug-likeness (QED) is 0.146. The van der Waals surface area contributed by atoms with Crippen LogP contribution < -0.4 is 39.9 Å². The van der Waals surface area contributed by atoms with Gasteiger partial charge in [-0.05, 0) is 88.7 Å². The second kappa shape index (κ2) is 24.4. The molecule has 16 heteroatoms. The van der Waals surface area contributed by atoms with E-state index in [1.165, 1.54) is 50.1 Å². The Bertz CT molecular complexity index is 2000. The summed E-state index contributed by atoms with van der Waals surface area (Å²) in [6, 6.07) is 15.4. The van der Waals surface area contributed by atoms with Crippen LogP contribution in [0.3, 0.4) is 0 Å². The van der Waals surface area contributed by atoms with E-state index in [0.29, 0.717) is 24.6 Å². The molecule has 4 aromatic heterocycles. The lowest BCUT2D eigenvalue weighted by molar-refractivity contribution is 0.122. The van der Waals surface area contributed by atoms with Gasteiger partial charge >= 0.3 is 0 Å². The van der Waals surface area contributed by atoms with Crippen LogP contribution in [0.2, 0.25) is 0 Å². The van der Waals surface area contributed by atoms with E-state index < -0.39 is 0 Å². The van der Waals surface area contributed by atoms with Crippen molar-refractivity contribution < 1.29 is 17.1 Å². The van der Waals surface area contributed by atoms with Crippen LogP contribution in [-0.4, -0.2) is 160 Å². The summed E-state index contributed by atoms with van der Waals surface area (Å²) in [6.45, 7) is 21.1. The van der Waals surface area contributed by atoms with E-state index in [4.69, 9.17) is 19.2 Å². The van der Waals surface area contributed by atoms with Gasteiger partial charge in [-0.25, -0.2) is 19.9 Å². The zero-order valence-corrected chi connectivity index (χ0v) is 39.0. The number of aromatic nitrogens is 5. The molecule has 65 heavy (non-hydrogen) atoms. The van der Waals surface area contributed by atoms with E-state index in [1.54, 1.807) is 0 Å². The van der Waals surface area contributed by atoms with E-state index in [1.807, 2.05) is 50.8 Å². The van der Waals surface area contributed by atoms with Crippen molar-refractivity contribution in [3.05, 3.63) is 67.3 Å². The molecular formula is C49H77N13O3. The number of ether oxygens (including phenoxy) is 3. The Labute approximate surface area is 390 Å². The molecule has 0 saturated carbocycles. The highest BCUT2D eigenvalue weighted by Crippen LogP contribution is 2.27. The van der Waals surface area contributed by atoms with Crippen LogP contribution >= 0.6 is 0 Å². The van der Waals surface area contributed by atoms with Crippen molar-refractivity contribution in [1.82, 2.24) is 29.8 Å². The first-order valence-electron chi connectivity index (χ1n) is 24.7. The van der Waals surface area contributed by atoms with Crippen molar-refractivity contribution in [3.63, 3.8) is 0 Å². The number of hydrogen-bond acceptors (Lipinski definition) is 16. The third kappa shape index (κ3) is 13.4. The van der Waals surface area contributed by atoms with Gasteiger partial charge < -0.3 is 49.3 Å². The van der Waals surface area contributed by atoms with E-state index >= 15 is 0 Å². The van der Waals surface area contributed by atoms with Gasteiger partial charge in [0.1, 0.15) is 24.1 Å². The van der Waals surface area contributed by atoms with Gasteiger partial charge in [0, 0.05) is 135 Å². The van der Waals surface area contributed by atoms with Crippen molar-refractivity contribution in [2.45, 2.75) is 77.3 Å². The fourth-order valence-electron chi connectivity index (χ4n) is 9.60. The Morgan fingerprint density at radius 2 is 1.12 bits per heavy atom. The summed E-state index contributed by atoms with van der Waals surface area (Å²) >= 11 is 0. The van der Waals surface area contributed by atoms with Crippen LogP contribution in [0.4, 0.5) is 40.5 Å². The molecule has 0 aromatic carbocycles. The molecule has 2 atom stereocenters. The van der Waals surface area contributed by atoms with Gasteiger partial charge in [-0.3, -0.25) is 4.90 Å². The van der Waals surface area contributed by atoms with Crippen molar-refractivity contribution in [3.8, 4) is 5.88 Å². The van der Waals surface area contributed by atoms with Crippen LogP contribution in [0, 0.1) is 0 Å². The average Bonchev–Trinajstić information content (AvgIpc) is 4.13. The molecule has 2 N–H and O–H groups in total. The third-order valence-corrected chi connectivity index (χ3v) is 13.1. The lowest BCUT2D eigenvalue weighted by atomic mass is 10.1. The number of likely N-dealkylation sites (tertiary alicyclic amines) is 1. The van der Waals surface area contributed by atoms with Gasteiger partial charge in [0.2, 0.25) is 11.8 Å². The van der Waals surface area contributed by atoms with Crippen LogP contribution in [0.15, 0.2) is 67.3 Å². The fraction of sp³-hybridized carbons (Fsp3) is 0.612. The molecule has 6 saturated heterocycles. The number of hydrogen-bond donors (Lipinski definition) is 2. The van der Waals surface area contributed by atoms with Crippen molar-refractivity contribution in [2.75, 3.05) is 153 Å². The number of piperidine rings is 2. The lowest BCUT2D eigenvalue weighted by Crippen LogP contribution is -2.43. The summed E-state index contributed by atoms with van der Waals surface area (Å²) in [5, 5.41) is 7.32. The molecule has 16 nitrogen and oxygen atoms in total. The van der Waals surface area contributed by atoms with E-state index in [-0.39, 0.29) is 2.85 Å². The zero-order valence-electron chi connectivity index (χ0n) is 39.0. The molecule has 0 aliphatic carbocycles. The molecule has 0 amide bonds. The smallest absolute Gasteiger partial charge is 0.227 e. The lowest BCUT2D eigenvalue weighted by Gasteiger charge is -2.35. The summed E-state index contributed by atoms with van der Waals surface area (Å²) < 4.78 is 16.8. The summed E-state index contributed by atoms with van der Waals surface area (Å²) in [4.78, 5) is 37.4. The average molecular weight is 896 g/mol. The molecule has 0 bridgehead atoms. The molecule has 6 aliphatic rings. The van der Waals surface area contributed by atoms with E-state index in [0.717, 1.165) is 153 Å². The van der Waals surface area contributed by atoms with Gasteiger partial charge in [-0.15, -0.1) is 0 Å². The third-order valence-electron chi connectivity index (χ3n) is 13.1. The second-order valence-corrected chi connectivity index (χ2v) is 17.5. The van der Waals surface area contributed by atoms with Gasteiger partial charge in [-0.2, -0.15) is 4.98 Å². The summed E-state index contributed by atoms with van der Waals surface area (Å²) in [5.41, 5.74) is 3.58. The Morgan fingerprint density at radius 1 is 0.569 bits per heavy atom. The van der Waals surface area contributed by atoms with Crippen LogP contribution in [-0.2, 0) is 9.47 Å². The molecular weight excluding hydrogens is 819 g/mol. The second-order valence-electron chi connectivity index (χ2n) is 17.5. The minimum atomic E-state index is 0. The maximum Gasteiger partial charge on any atom is 0.227 e. The molecule has 6 aliphatic heterocycles. The first kappa shape index (κ1) is 46.3. The number of anilines is 7. The molecule has 4 aromatic rings. The predicted octanol–water partition coefficient (Wildman–Crippen LogP) is 6.78. The van der Waals surface area contributed by atoms with Crippen LogP contribution in [0.5, 0.6) is 5.88 Å². The summed E-state index contributed by atoms with van der Waals surface area (Å²) in [7, 11) is 0. The van der Waals surface area contributed by atoms with Gasteiger partial charge in [0.25, 0.3) is 0 Å². The first-order valence-corrected chi connectivity index (χ1v) is 24.7. The maximum atomic E-state index is 5.87. The molecule has 356 valence electrons. The number of pyridine rings is 3. The van der Waals surface area contributed by atoms with Gasteiger partial charge in [0.05, 0.1) is 38.3 Å². The van der Waals surface area contributed by atoms with Crippen molar-refractivity contribution in [2.24, 2.45) is 0 Å². The standard InChI is InChI=1S/C25H36N6O2.C22H31N7O.C2H6.2H2/c1-2-10-29(9-1)12-17-33-25-6-5-23(19-27-25)31-11-3-4-21(20-31)28-24-18-22(7-8-26-24)30-13-15-32-16-14-30;1-2-10-28(9-1)21-6-8-24-22(26-21)29-11-3-4-18(17-29)25-20-16-19(5-7-23-20)27-12-14-30-15-13-27;1-2;;/h5-8,18-19,21H,1-4,9-17,20H2,(H,26,28);5-8,16,18H,1-4,9-15,17H2,(H,23,25);1-2H3;2*1H/t21-;18-;;;/m11.../s1. The monoisotopic (exact) mass is 896 g/mol. The van der Waals surface area contributed by atoms with Crippen molar-refractivity contribution in [1.29, 1.82) is 0 Å². The number of rotatable bonds is 13. The molecule has 0 unspecified atom stereocenters. The fourth-order valence-corrected chi connectivity index (χ4v) is 9.60. The first-order chi connectivity index (χ1) is 32.2. The number of morpholine rings is 2. The SMILES string of the molecule is CC.[HH].[HH].c1cc(N2CCOCC2)cc(N[C@@H]2CCCN(c3ccc(OCCN4CCCC4)nc3)C2)n1.c1cc(N2CCOCC2)cc(N[C@@H]2CCCN(c3nccc(N4CCCC4)n3)C2)n1. The zero-order chi connectivity index (χ0) is 44.5. The minimum Gasteiger partial charge on any atom is -0.476 e. The molecule has 10 rings (SSSR count). The highest BCUT2D eigenvalue weighted by atomic mass is 16.5. The Hall–Kier alpha value is -5.19. The summed E-state index contributed by atoms with van der Waals surface area (Å²) in [5.74, 6) is 4.52. The number of nitrogens with zero attached hydrogens (tertiary/aromatic N) is 11. The van der Waals surface area contributed by atoms with E-state index in [2.05, 4.69) is 90.3 Å². The molecule has 10 heterocycles. The van der Waals surface area contributed by atoms with Gasteiger partial charge in [-0.1, -0.05) is 13.8 Å². The minimum absolute atomic E-state index is 0. The topological polar surface area (TPSA) is 136 Å². The molecule has 0 spiro atoms. The van der Waals surface area contributed by atoms with Crippen molar-refractivity contribution >= 4 is 40.5 Å². The summed E-state index contributed by atoms with van der Waals surface area (Å²) in [6.07, 6.45) is 17.3. The molecule has 0 radical (unpaired) electrons. The highest BCUT2D eigenvalue weighted by molar-refractivity contribution is 5.56. The van der Waals surface area contributed by atoms with Gasteiger partial charge in [0.15, 0.2) is 0 Å². The number of nitrogens with one attached hydrogen (secondary N) is 2. The Morgan fingerprint density at radius 3 is 1.72 bits per heavy atom. The molecule has 6 fully saturated rings. The largest absolute Gasteiger partial charge is 0.476 e. The predicted molar refractivity (Wildman–Crippen MR) is 267 cm³/mol. The van der Waals surface area contributed by atoms with Crippen LogP contribution in [0.1, 0.15) is 68.1 Å². The van der Waals surface area contributed by atoms with E-state index in [9.17, 15) is 0 Å². The maximum absolute atomic E-state index is 5.87.